The van der Waals surface area contributed by atoms with E-state index >= 15 is 0 Å². The maximum atomic E-state index is 13.8. The minimum absolute atomic E-state index is 0.165. The lowest BCUT2D eigenvalue weighted by molar-refractivity contribution is 0.538. The molecule has 3 nitrogen and oxygen atoms in total. The molecule has 0 heterocycles. The van der Waals surface area contributed by atoms with Crippen molar-refractivity contribution in [1.29, 1.82) is 0 Å². The Morgan fingerprint density at radius 3 is 2.71 bits per heavy atom. The summed E-state index contributed by atoms with van der Waals surface area (Å²) in [7, 11) is -3.92. The molecular formula is C15H13ClFNO2S. The molecule has 0 amide bonds. The van der Waals surface area contributed by atoms with Crippen LogP contribution >= 0.6 is 11.6 Å². The van der Waals surface area contributed by atoms with E-state index in [2.05, 4.69) is 4.72 Å². The number of halogens is 2. The lowest BCUT2D eigenvalue weighted by Crippen LogP contribution is -2.28. The summed E-state index contributed by atoms with van der Waals surface area (Å²) in [5.74, 6) is -0.846. The molecule has 1 aliphatic rings. The van der Waals surface area contributed by atoms with Crippen LogP contribution in [0.1, 0.15) is 23.6 Å². The van der Waals surface area contributed by atoms with Crippen LogP contribution in [0, 0.1) is 5.82 Å². The summed E-state index contributed by atoms with van der Waals surface area (Å²) in [4.78, 5) is -0.378. The second kappa shape index (κ2) is 5.40. The van der Waals surface area contributed by atoms with Crippen molar-refractivity contribution in [1.82, 2.24) is 4.72 Å². The van der Waals surface area contributed by atoms with Gasteiger partial charge in [-0.05, 0) is 42.2 Å². The first-order valence-electron chi connectivity index (χ1n) is 6.52. The van der Waals surface area contributed by atoms with Gasteiger partial charge in [0.1, 0.15) is 10.7 Å². The molecule has 0 aliphatic heterocycles. The first kappa shape index (κ1) is 14.5. The molecule has 1 unspecified atom stereocenters. The van der Waals surface area contributed by atoms with Gasteiger partial charge in [-0.15, -0.1) is 0 Å². The zero-order chi connectivity index (χ0) is 15.0. The van der Waals surface area contributed by atoms with Gasteiger partial charge in [0, 0.05) is 11.1 Å². The summed E-state index contributed by atoms with van der Waals surface area (Å²) >= 11 is 5.65. The predicted octanol–water partition coefficient (Wildman–Crippen LogP) is 3.44. The molecule has 3 rings (SSSR count). The van der Waals surface area contributed by atoms with Crippen molar-refractivity contribution in [2.24, 2.45) is 0 Å². The third kappa shape index (κ3) is 2.81. The van der Waals surface area contributed by atoms with Crippen molar-refractivity contribution in [2.45, 2.75) is 23.8 Å². The normalized spacial score (nSPS) is 17.7. The highest BCUT2D eigenvalue weighted by atomic mass is 35.5. The Morgan fingerprint density at radius 1 is 1.19 bits per heavy atom. The Bertz CT molecular complexity index is 792. The van der Waals surface area contributed by atoms with Crippen LogP contribution in [-0.4, -0.2) is 8.42 Å². The highest BCUT2D eigenvalue weighted by Crippen LogP contribution is 2.32. The van der Waals surface area contributed by atoms with Gasteiger partial charge in [-0.25, -0.2) is 17.5 Å². The number of sulfonamides is 1. The van der Waals surface area contributed by atoms with Crippen molar-refractivity contribution in [3.8, 4) is 0 Å². The molecule has 0 radical (unpaired) electrons. The number of hydrogen-bond donors (Lipinski definition) is 1. The van der Waals surface area contributed by atoms with Crippen LogP contribution in [0.2, 0.25) is 5.02 Å². The van der Waals surface area contributed by atoms with Gasteiger partial charge in [-0.3, -0.25) is 0 Å². The van der Waals surface area contributed by atoms with Gasteiger partial charge in [0.05, 0.1) is 0 Å². The SMILES string of the molecule is O=S(=O)(NC1CCc2ccccc21)c1ccc(Cl)cc1F. The summed E-state index contributed by atoms with van der Waals surface area (Å²) in [5.41, 5.74) is 2.08. The average molecular weight is 326 g/mol. The molecule has 0 spiro atoms. The van der Waals surface area contributed by atoms with Crippen LogP contribution in [0.5, 0.6) is 0 Å². The van der Waals surface area contributed by atoms with E-state index in [9.17, 15) is 12.8 Å². The van der Waals surface area contributed by atoms with Gasteiger partial charge >= 0.3 is 0 Å². The van der Waals surface area contributed by atoms with Crippen LogP contribution in [0.15, 0.2) is 47.4 Å². The average Bonchev–Trinajstić information content (AvgIpc) is 2.81. The van der Waals surface area contributed by atoms with E-state index < -0.39 is 15.8 Å². The molecule has 1 N–H and O–H groups in total. The van der Waals surface area contributed by atoms with Gasteiger partial charge < -0.3 is 0 Å². The number of nitrogens with one attached hydrogen (secondary N) is 1. The maximum absolute atomic E-state index is 13.8. The number of benzene rings is 2. The molecule has 110 valence electrons. The summed E-state index contributed by atoms with van der Waals surface area (Å²) in [6, 6.07) is 10.9. The van der Waals surface area contributed by atoms with E-state index in [1.165, 1.54) is 12.1 Å². The largest absolute Gasteiger partial charge is 0.244 e. The van der Waals surface area contributed by atoms with E-state index in [0.29, 0.717) is 6.42 Å². The lowest BCUT2D eigenvalue weighted by atomic mass is 10.1. The van der Waals surface area contributed by atoms with Crippen LogP contribution in [0.25, 0.3) is 0 Å². The van der Waals surface area contributed by atoms with E-state index in [0.717, 1.165) is 23.6 Å². The molecule has 0 saturated carbocycles. The Hall–Kier alpha value is -1.43. The fourth-order valence-electron chi connectivity index (χ4n) is 2.62. The summed E-state index contributed by atoms with van der Waals surface area (Å²) < 4.78 is 41.1. The van der Waals surface area contributed by atoms with E-state index in [4.69, 9.17) is 11.6 Å². The monoisotopic (exact) mass is 325 g/mol. The Balaban J connectivity index is 1.91. The quantitative estimate of drug-likeness (QED) is 0.939. The molecule has 2 aromatic rings. The van der Waals surface area contributed by atoms with Crippen molar-refractivity contribution < 1.29 is 12.8 Å². The first-order valence-corrected chi connectivity index (χ1v) is 8.39. The van der Waals surface area contributed by atoms with Crippen LogP contribution in [-0.2, 0) is 16.4 Å². The molecule has 0 aromatic heterocycles. The highest BCUT2D eigenvalue weighted by Gasteiger charge is 2.28. The van der Waals surface area contributed by atoms with E-state index in [1.807, 2.05) is 24.3 Å². The van der Waals surface area contributed by atoms with Crippen LogP contribution < -0.4 is 4.72 Å². The van der Waals surface area contributed by atoms with Gasteiger partial charge in [-0.2, -0.15) is 0 Å². The van der Waals surface area contributed by atoms with Gasteiger partial charge in [0.2, 0.25) is 10.0 Å². The standard InChI is InChI=1S/C15H13ClFNO2S/c16-11-6-8-15(13(17)9-11)21(19,20)18-14-7-5-10-3-1-2-4-12(10)14/h1-4,6,8-9,14,18H,5,7H2. The third-order valence-corrected chi connectivity index (χ3v) is 5.35. The van der Waals surface area contributed by atoms with E-state index in [1.54, 1.807) is 0 Å². The Morgan fingerprint density at radius 2 is 1.95 bits per heavy atom. The Labute approximate surface area is 127 Å². The van der Waals surface area contributed by atoms with Crippen molar-refractivity contribution >= 4 is 21.6 Å². The smallest absolute Gasteiger partial charge is 0.207 e. The van der Waals surface area contributed by atoms with Crippen molar-refractivity contribution in [3.63, 3.8) is 0 Å². The van der Waals surface area contributed by atoms with Gasteiger partial charge in [0.25, 0.3) is 0 Å². The molecule has 0 fully saturated rings. The summed E-state index contributed by atoms with van der Waals surface area (Å²) in [6.45, 7) is 0. The van der Waals surface area contributed by atoms with Gasteiger partial charge in [-0.1, -0.05) is 35.9 Å². The predicted molar refractivity (Wildman–Crippen MR) is 79.2 cm³/mol. The molecule has 0 bridgehead atoms. The molecule has 1 atom stereocenters. The third-order valence-electron chi connectivity index (χ3n) is 3.61. The number of aryl methyl sites for hydroxylation is 1. The van der Waals surface area contributed by atoms with E-state index in [-0.39, 0.29) is 16.0 Å². The molecule has 0 saturated heterocycles. The number of hydrogen-bond acceptors (Lipinski definition) is 2. The second-order valence-electron chi connectivity index (χ2n) is 4.99. The number of rotatable bonds is 3. The first-order chi connectivity index (χ1) is 9.97. The highest BCUT2D eigenvalue weighted by molar-refractivity contribution is 7.89. The fraction of sp³-hybridized carbons (Fsp3) is 0.200. The summed E-state index contributed by atoms with van der Waals surface area (Å²) in [5, 5.41) is 0.165. The topological polar surface area (TPSA) is 46.2 Å². The zero-order valence-corrected chi connectivity index (χ0v) is 12.6. The molecule has 2 aromatic carbocycles. The second-order valence-corrected chi connectivity index (χ2v) is 7.10. The fourth-order valence-corrected chi connectivity index (χ4v) is 4.09. The zero-order valence-electron chi connectivity index (χ0n) is 11.0. The molecule has 6 heteroatoms. The van der Waals surface area contributed by atoms with Crippen LogP contribution in [0.4, 0.5) is 4.39 Å². The minimum atomic E-state index is -3.92. The number of fused-ring (bicyclic) bond motifs is 1. The van der Waals surface area contributed by atoms with Crippen molar-refractivity contribution in [2.75, 3.05) is 0 Å². The molecule has 1 aliphatic carbocycles. The maximum Gasteiger partial charge on any atom is 0.244 e. The molecular weight excluding hydrogens is 313 g/mol. The molecule has 21 heavy (non-hydrogen) atoms. The minimum Gasteiger partial charge on any atom is -0.207 e. The van der Waals surface area contributed by atoms with Crippen LogP contribution in [0.3, 0.4) is 0 Å². The summed E-state index contributed by atoms with van der Waals surface area (Å²) in [6.07, 6.45) is 1.49. The Kier molecular flexibility index (Phi) is 3.73. The lowest BCUT2D eigenvalue weighted by Gasteiger charge is -2.15. The van der Waals surface area contributed by atoms with Crippen molar-refractivity contribution in [3.05, 3.63) is 64.4 Å². The van der Waals surface area contributed by atoms with Gasteiger partial charge in [0.15, 0.2) is 0 Å².